The van der Waals surface area contributed by atoms with E-state index < -0.39 is 0 Å². The van der Waals surface area contributed by atoms with Crippen LogP contribution < -0.4 is 9.64 Å². The molecular weight excluding hydrogens is 288 g/mol. The second-order valence-electron chi connectivity index (χ2n) is 5.11. The largest absolute Gasteiger partial charge is 0.482 e. The number of fused-ring (bicyclic) bond motifs is 1. The zero-order chi connectivity index (χ0) is 15.4. The van der Waals surface area contributed by atoms with Crippen LogP contribution in [0.15, 0.2) is 18.2 Å². The lowest BCUT2D eigenvalue weighted by Gasteiger charge is -2.29. The third-order valence-electron chi connectivity index (χ3n) is 3.92. The van der Waals surface area contributed by atoms with Crippen LogP contribution in [0.5, 0.6) is 5.75 Å². The van der Waals surface area contributed by atoms with Gasteiger partial charge in [-0.25, -0.2) is 0 Å². The van der Waals surface area contributed by atoms with Crippen LogP contribution in [0.25, 0.3) is 0 Å². The predicted octanol–water partition coefficient (Wildman–Crippen LogP) is 3.05. The molecule has 21 heavy (non-hydrogen) atoms. The molecule has 4 nitrogen and oxygen atoms in total. The number of hydrogen-bond acceptors (Lipinski definition) is 3. The highest BCUT2D eigenvalue weighted by Gasteiger charge is 2.25. The Morgan fingerprint density at radius 1 is 1.33 bits per heavy atom. The number of rotatable bonds is 6. The number of halogens is 1. The van der Waals surface area contributed by atoms with Crippen molar-refractivity contribution in [2.45, 2.75) is 26.1 Å². The van der Waals surface area contributed by atoms with Gasteiger partial charge in [-0.1, -0.05) is 19.9 Å². The van der Waals surface area contributed by atoms with Crippen LogP contribution in [0, 0.1) is 0 Å². The minimum Gasteiger partial charge on any atom is -0.482 e. The third kappa shape index (κ3) is 3.50. The quantitative estimate of drug-likeness (QED) is 0.757. The lowest BCUT2D eigenvalue weighted by atomic mass is 10.1. The molecule has 1 amide bonds. The molecule has 1 aromatic carbocycles. The fourth-order valence-electron chi connectivity index (χ4n) is 2.57. The molecule has 1 aliphatic rings. The lowest BCUT2D eigenvalue weighted by molar-refractivity contribution is -0.121. The van der Waals surface area contributed by atoms with Crippen molar-refractivity contribution in [2.75, 3.05) is 37.7 Å². The van der Waals surface area contributed by atoms with Gasteiger partial charge in [0.2, 0.25) is 0 Å². The molecule has 1 unspecified atom stereocenters. The van der Waals surface area contributed by atoms with Gasteiger partial charge in [0.1, 0.15) is 5.75 Å². The molecule has 1 aliphatic heterocycles. The van der Waals surface area contributed by atoms with Gasteiger partial charge >= 0.3 is 0 Å². The van der Waals surface area contributed by atoms with Crippen molar-refractivity contribution in [3.05, 3.63) is 23.8 Å². The zero-order valence-corrected chi connectivity index (χ0v) is 13.7. The summed E-state index contributed by atoms with van der Waals surface area (Å²) in [6.45, 7) is 9.74. The Hall–Kier alpha value is -1.26. The van der Waals surface area contributed by atoms with E-state index in [0.29, 0.717) is 6.54 Å². The first kappa shape index (κ1) is 16.1. The molecule has 2 rings (SSSR count). The Morgan fingerprint density at radius 2 is 2.05 bits per heavy atom. The van der Waals surface area contributed by atoms with Gasteiger partial charge in [0.05, 0.1) is 11.1 Å². The number of benzene rings is 1. The van der Waals surface area contributed by atoms with E-state index in [4.69, 9.17) is 16.3 Å². The molecule has 0 N–H and O–H groups in total. The first-order chi connectivity index (χ1) is 10.1. The molecule has 0 bridgehead atoms. The summed E-state index contributed by atoms with van der Waals surface area (Å²) in [6, 6.07) is 5.89. The molecule has 5 heteroatoms. The summed E-state index contributed by atoms with van der Waals surface area (Å²) in [5.74, 6) is 0.754. The molecule has 0 aromatic heterocycles. The zero-order valence-electron chi connectivity index (χ0n) is 12.9. The Kier molecular flexibility index (Phi) is 5.48. The van der Waals surface area contributed by atoms with Gasteiger partial charge in [-0.15, -0.1) is 11.6 Å². The maximum Gasteiger partial charge on any atom is 0.265 e. The number of likely N-dealkylation sites (N-methyl/N-ethyl adjacent to an activating group) is 2. The standard InChI is InChI=1S/C16H23ClN2O2/c1-4-18(5-2)10-13(17)12-7-8-15-14(9-12)19(6-3)16(20)11-21-15/h7-9,13H,4-6,10-11H2,1-3H3. The van der Waals surface area contributed by atoms with Crippen molar-refractivity contribution in [2.24, 2.45) is 0 Å². The molecule has 0 aliphatic carbocycles. The fourth-order valence-corrected chi connectivity index (χ4v) is 2.91. The second-order valence-corrected chi connectivity index (χ2v) is 5.63. The molecule has 0 saturated carbocycles. The number of nitrogens with zero attached hydrogens (tertiary/aromatic N) is 2. The molecule has 0 saturated heterocycles. The molecular formula is C16H23ClN2O2. The van der Waals surface area contributed by atoms with E-state index in [1.54, 1.807) is 4.90 Å². The molecule has 1 atom stereocenters. The van der Waals surface area contributed by atoms with Gasteiger partial charge < -0.3 is 14.5 Å². The second kappa shape index (κ2) is 7.14. The molecule has 116 valence electrons. The highest BCUT2D eigenvalue weighted by Crippen LogP contribution is 2.35. The molecule has 0 spiro atoms. The highest BCUT2D eigenvalue weighted by atomic mass is 35.5. The maximum atomic E-state index is 11.9. The van der Waals surface area contributed by atoms with Crippen LogP contribution in [0.1, 0.15) is 31.7 Å². The Labute approximate surface area is 131 Å². The van der Waals surface area contributed by atoms with Crippen molar-refractivity contribution in [3.63, 3.8) is 0 Å². The fraction of sp³-hybridized carbons (Fsp3) is 0.562. The maximum absolute atomic E-state index is 11.9. The molecule has 0 radical (unpaired) electrons. The topological polar surface area (TPSA) is 32.8 Å². The average molecular weight is 311 g/mol. The summed E-state index contributed by atoms with van der Waals surface area (Å²) < 4.78 is 5.48. The number of carbonyl (C=O) groups excluding carboxylic acids is 1. The summed E-state index contributed by atoms with van der Waals surface area (Å²) in [6.07, 6.45) is 0. The Balaban J connectivity index is 2.23. The van der Waals surface area contributed by atoms with Gasteiger partial charge in [0.25, 0.3) is 5.91 Å². The Bertz CT molecular complexity index is 503. The predicted molar refractivity (Wildman–Crippen MR) is 86.3 cm³/mol. The summed E-state index contributed by atoms with van der Waals surface area (Å²) in [5.41, 5.74) is 1.86. The first-order valence-corrected chi connectivity index (χ1v) is 7.97. The number of carbonyl (C=O) groups is 1. The van der Waals surface area contributed by atoms with Crippen LogP contribution in [0.3, 0.4) is 0 Å². The van der Waals surface area contributed by atoms with Crippen LogP contribution in [0.4, 0.5) is 5.69 Å². The summed E-state index contributed by atoms with van der Waals surface area (Å²) in [4.78, 5) is 15.9. The van der Waals surface area contributed by atoms with E-state index in [-0.39, 0.29) is 17.9 Å². The van der Waals surface area contributed by atoms with Crippen molar-refractivity contribution in [1.29, 1.82) is 0 Å². The van der Waals surface area contributed by atoms with E-state index in [9.17, 15) is 4.79 Å². The van der Waals surface area contributed by atoms with Gasteiger partial charge in [-0.2, -0.15) is 0 Å². The van der Waals surface area contributed by atoms with Gasteiger partial charge in [0, 0.05) is 13.1 Å². The van der Waals surface area contributed by atoms with Crippen LogP contribution >= 0.6 is 11.6 Å². The smallest absolute Gasteiger partial charge is 0.265 e. The van der Waals surface area contributed by atoms with Crippen LogP contribution in [-0.4, -0.2) is 43.6 Å². The molecule has 1 heterocycles. The third-order valence-corrected chi connectivity index (χ3v) is 4.31. The van der Waals surface area contributed by atoms with Gasteiger partial charge in [0.15, 0.2) is 6.61 Å². The number of anilines is 1. The number of hydrogen-bond donors (Lipinski definition) is 0. The number of amides is 1. The average Bonchev–Trinajstić information content (AvgIpc) is 2.51. The van der Waals surface area contributed by atoms with Crippen molar-refractivity contribution in [3.8, 4) is 5.75 Å². The van der Waals surface area contributed by atoms with Crippen LogP contribution in [0.2, 0.25) is 0 Å². The van der Waals surface area contributed by atoms with E-state index in [1.165, 1.54) is 0 Å². The van der Waals surface area contributed by atoms with Crippen molar-refractivity contribution in [1.82, 2.24) is 4.90 Å². The molecule has 0 fully saturated rings. The summed E-state index contributed by atoms with van der Waals surface area (Å²) in [7, 11) is 0. The van der Waals surface area contributed by atoms with Crippen molar-refractivity contribution < 1.29 is 9.53 Å². The van der Waals surface area contributed by atoms with Crippen LogP contribution in [-0.2, 0) is 4.79 Å². The minimum absolute atomic E-state index is 0.00276. The normalized spacial score (nSPS) is 15.9. The SMILES string of the molecule is CCN(CC)CC(Cl)c1ccc2c(c1)N(CC)C(=O)CO2. The minimum atomic E-state index is -0.0917. The van der Waals surface area contributed by atoms with E-state index in [0.717, 1.165) is 36.6 Å². The number of ether oxygens (including phenoxy) is 1. The van der Waals surface area contributed by atoms with Gasteiger partial charge in [-0.3, -0.25) is 4.79 Å². The van der Waals surface area contributed by atoms with Gasteiger partial charge in [-0.05, 0) is 37.7 Å². The summed E-state index contributed by atoms with van der Waals surface area (Å²) >= 11 is 6.54. The first-order valence-electron chi connectivity index (χ1n) is 7.54. The summed E-state index contributed by atoms with van der Waals surface area (Å²) in [5, 5.41) is -0.0917. The Morgan fingerprint density at radius 3 is 2.67 bits per heavy atom. The molecule has 1 aromatic rings. The van der Waals surface area contributed by atoms with E-state index in [1.807, 2.05) is 25.1 Å². The van der Waals surface area contributed by atoms with E-state index in [2.05, 4.69) is 18.7 Å². The van der Waals surface area contributed by atoms with E-state index >= 15 is 0 Å². The number of alkyl halides is 1. The monoisotopic (exact) mass is 310 g/mol. The highest BCUT2D eigenvalue weighted by molar-refractivity contribution is 6.21. The lowest BCUT2D eigenvalue weighted by Crippen LogP contribution is -2.38. The van der Waals surface area contributed by atoms with Crippen molar-refractivity contribution >= 4 is 23.2 Å².